The summed E-state index contributed by atoms with van der Waals surface area (Å²) >= 11 is 0. The van der Waals surface area contributed by atoms with Gasteiger partial charge in [-0.3, -0.25) is 4.79 Å². The second-order valence-electron chi connectivity index (χ2n) is 7.20. The molecular formula is C24H18N2O2. The van der Waals surface area contributed by atoms with Crippen LogP contribution in [0.2, 0.25) is 0 Å². The zero-order valence-corrected chi connectivity index (χ0v) is 15.6. The molecule has 1 aliphatic rings. The minimum Gasteiger partial charge on any atom is -0.506 e. The fraction of sp³-hybridized carbons (Fsp3) is 0.0833. The highest BCUT2D eigenvalue weighted by Crippen LogP contribution is 2.41. The summed E-state index contributed by atoms with van der Waals surface area (Å²) in [6.07, 6.45) is 0. The van der Waals surface area contributed by atoms with Crippen LogP contribution in [-0.4, -0.2) is 30.0 Å². The number of ketones is 1. The third kappa shape index (κ3) is 2.24. The maximum Gasteiger partial charge on any atom is 0.199 e. The Morgan fingerprint density at radius 2 is 1.68 bits per heavy atom. The molecule has 0 bridgehead atoms. The molecule has 1 heterocycles. The molecule has 0 spiro atoms. The number of nitrogens with zero attached hydrogens (tertiary/aromatic N) is 2. The summed E-state index contributed by atoms with van der Waals surface area (Å²) in [5.74, 6) is -0.212. The molecule has 0 amide bonds. The molecule has 3 aromatic carbocycles. The lowest BCUT2D eigenvalue weighted by Gasteiger charge is -2.23. The van der Waals surface area contributed by atoms with Gasteiger partial charge in [-0.05, 0) is 24.3 Å². The molecule has 0 radical (unpaired) electrons. The predicted molar refractivity (Wildman–Crippen MR) is 114 cm³/mol. The molecule has 0 saturated carbocycles. The molecule has 0 saturated heterocycles. The maximum absolute atomic E-state index is 13.4. The number of hydrogen-bond donors (Lipinski definition) is 1. The van der Waals surface area contributed by atoms with E-state index in [-0.39, 0.29) is 17.1 Å². The number of aliphatic hydroxyl groups is 1. The van der Waals surface area contributed by atoms with Crippen LogP contribution in [0.1, 0.15) is 21.6 Å². The summed E-state index contributed by atoms with van der Waals surface area (Å²) < 4.78 is 0. The summed E-state index contributed by atoms with van der Waals surface area (Å²) in [5.41, 5.74) is 3.80. The molecular weight excluding hydrogens is 348 g/mol. The molecule has 28 heavy (non-hydrogen) atoms. The Morgan fingerprint density at radius 1 is 0.857 bits per heavy atom. The number of para-hydroxylation sites is 1. The first-order valence-corrected chi connectivity index (χ1v) is 9.14. The summed E-state index contributed by atoms with van der Waals surface area (Å²) in [6, 6.07) is 21.0. The molecule has 1 aliphatic carbocycles. The third-order valence-corrected chi connectivity index (χ3v) is 5.32. The van der Waals surface area contributed by atoms with Crippen LogP contribution in [0.4, 0.5) is 5.69 Å². The van der Waals surface area contributed by atoms with Crippen LogP contribution < -0.4 is 4.90 Å². The Balaban J connectivity index is 1.81. The molecule has 0 fully saturated rings. The van der Waals surface area contributed by atoms with Crippen molar-refractivity contribution in [2.45, 2.75) is 0 Å². The molecule has 4 aromatic rings. The zero-order chi connectivity index (χ0) is 19.4. The van der Waals surface area contributed by atoms with E-state index in [2.05, 4.69) is 4.98 Å². The number of pyridine rings is 1. The molecule has 0 unspecified atom stereocenters. The van der Waals surface area contributed by atoms with Crippen molar-refractivity contribution in [2.24, 2.45) is 0 Å². The number of benzene rings is 3. The number of carbonyl (C=O) groups is 1. The van der Waals surface area contributed by atoms with Gasteiger partial charge in [0.2, 0.25) is 0 Å². The second-order valence-corrected chi connectivity index (χ2v) is 7.20. The third-order valence-electron chi connectivity index (χ3n) is 5.32. The average Bonchev–Trinajstić information content (AvgIpc) is 2.71. The van der Waals surface area contributed by atoms with Gasteiger partial charge in [-0.15, -0.1) is 0 Å². The number of carbonyl (C=O) groups excluding carboxylic acids is 1. The Hall–Kier alpha value is -3.66. The van der Waals surface area contributed by atoms with Gasteiger partial charge in [-0.25, -0.2) is 4.98 Å². The molecule has 4 nitrogen and oxygen atoms in total. The van der Waals surface area contributed by atoms with E-state index in [1.54, 1.807) is 6.07 Å². The van der Waals surface area contributed by atoms with Gasteiger partial charge in [-0.1, -0.05) is 42.5 Å². The van der Waals surface area contributed by atoms with Crippen molar-refractivity contribution in [3.63, 3.8) is 0 Å². The van der Waals surface area contributed by atoms with Gasteiger partial charge in [0.25, 0.3) is 0 Å². The maximum atomic E-state index is 13.4. The van der Waals surface area contributed by atoms with Crippen LogP contribution in [-0.2, 0) is 0 Å². The Morgan fingerprint density at radius 3 is 2.50 bits per heavy atom. The Bertz CT molecular complexity index is 1320. The van der Waals surface area contributed by atoms with Gasteiger partial charge in [0, 0.05) is 47.1 Å². The largest absolute Gasteiger partial charge is 0.506 e. The van der Waals surface area contributed by atoms with Gasteiger partial charge in [0.05, 0.1) is 16.8 Å². The minimum atomic E-state index is -0.200. The van der Waals surface area contributed by atoms with Crippen molar-refractivity contribution in [3.8, 4) is 0 Å². The highest BCUT2D eigenvalue weighted by atomic mass is 16.3. The van der Waals surface area contributed by atoms with E-state index in [4.69, 9.17) is 0 Å². The van der Waals surface area contributed by atoms with Gasteiger partial charge in [-0.2, -0.15) is 0 Å². The lowest BCUT2D eigenvalue weighted by atomic mass is 9.84. The molecule has 5 rings (SSSR count). The standard InChI is InChI=1S/C24H18N2O2/c1-26(2)20-13-11-17-21-15(20)7-5-8-16(21)23(27)22(24(17)28)19-12-10-14-6-3-4-9-18(14)25-19/h3-13,27H,1-2H3. The molecule has 136 valence electrons. The monoisotopic (exact) mass is 366 g/mol. The predicted octanol–water partition coefficient (Wildman–Crippen LogP) is 5.08. The normalized spacial score (nSPS) is 13.4. The van der Waals surface area contributed by atoms with Crippen LogP contribution in [0.5, 0.6) is 0 Å². The average molecular weight is 366 g/mol. The van der Waals surface area contributed by atoms with Crippen molar-refractivity contribution in [2.75, 3.05) is 19.0 Å². The number of rotatable bonds is 2. The van der Waals surface area contributed by atoms with E-state index >= 15 is 0 Å². The number of aromatic nitrogens is 1. The first-order chi connectivity index (χ1) is 13.6. The minimum absolute atomic E-state index is 0.0122. The van der Waals surface area contributed by atoms with Gasteiger partial charge in [0.1, 0.15) is 5.76 Å². The molecule has 1 N–H and O–H groups in total. The van der Waals surface area contributed by atoms with Crippen molar-refractivity contribution >= 4 is 44.5 Å². The van der Waals surface area contributed by atoms with E-state index in [9.17, 15) is 9.90 Å². The smallest absolute Gasteiger partial charge is 0.199 e. The number of allylic oxidation sites excluding steroid dienone is 1. The highest BCUT2D eigenvalue weighted by Gasteiger charge is 2.30. The van der Waals surface area contributed by atoms with Gasteiger partial charge in [0.15, 0.2) is 5.78 Å². The van der Waals surface area contributed by atoms with Crippen molar-refractivity contribution in [1.29, 1.82) is 0 Å². The quantitative estimate of drug-likeness (QED) is 0.538. The van der Waals surface area contributed by atoms with E-state index < -0.39 is 0 Å². The van der Waals surface area contributed by atoms with E-state index in [1.165, 1.54) is 0 Å². The van der Waals surface area contributed by atoms with Crippen molar-refractivity contribution < 1.29 is 9.90 Å². The number of fused-ring (bicyclic) bond motifs is 1. The Kier molecular flexibility index (Phi) is 3.49. The number of anilines is 1. The van der Waals surface area contributed by atoms with E-state index in [1.807, 2.05) is 79.7 Å². The Labute approximate surface area is 162 Å². The van der Waals surface area contributed by atoms with Crippen LogP contribution in [0, 0.1) is 0 Å². The number of hydrogen-bond acceptors (Lipinski definition) is 4. The summed E-state index contributed by atoms with van der Waals surface area (Å²) in [6.45, 7) is 0. The fourth-order valence-electron chi connectivity index (χ4n) is 3.99. The van der Waals surface area contributed by atoms with E-state index in [0.717, 1.165) is 27.4 Å². The molecule has 0 atom stereocenters. The lowest BCUT2D eigenvalue weighted by Crippen LogP contribution is -2.15. The number of Topliss-reactive ketones (excluding diaryl/α,β-unsaturated/α-hetero) is 1. The van der Waals surface area contributed by atoms with Crippen LogP contribution >= 0.6 is 0 Å². The first-order valence-electron chi connectivity index (χ1n) is 9.14. The van der Waals surface area contributed by atoms with Crippen LogP contribution in [0.25, 0.3) is 33.0 Å². The van der Waals surface area contributed by atoms with Crippen LogP contribution in [0.3, 0.4) is 0 Å². The molecule has 1 aromatic heterocycles. The summed E-state index contributed by atoms with van der Waals surface area (Å²) in [4.78, 5) is 20.0. The summed E-state index contributed by atoms with van der Waals surface area (Å²) in [5, 5.41) is 13.8. The van der Waals surface area contributed by atoms with Gasteiger partial charge >= 0.3 is 0 Å². The molecule has 0 aliphatic heterocycles. The fourth-order valence-corrected chi connectivity index (χ4v) is 3.99. The van der Waals surface area contributed by atoms with Crippen molar-refractivity contribution in [1.82, 2.24) is 4.98 Å². The second kappa shape index (κ2) is 5.92. The van der Waals surface area contributed by atoms with Crippen LogP contribution in [0.15, 0.2) is 66.7 Å². The van der Waals surface area contributed by atoms with Crippen molar-refractivity contribution in [3.05, 3.63) is 83.6 Å². The topological polar surface area (TPSA) is 53.4 Å². The zero-order valence-electron chi connectivity index (χ0n) is 15.6. The molecule has 4 heteroatoms. The SMILES string of the molecule is CN(C)c1ccc2c3c(cccc13)C(O)=C(c1ccc3ccccc3n1)C2=O. The highest BCUT2D eigenvalue weighted by molar-refractivity contribution is 6.40. The number of aliphatic hydroxyl groups excluding tert-OH is 1. The summed E-state index contributed by atoms with van der Waals surface area (Å²) in [7, 11) is 3.93. The van der Waals surface area contributed by atoms with Gasteiger partial charge < -0.3 is 10.0 Å². The van der Waals surface area contributed by atoms with E-state index in [0.29, 0.717) is 16.8 Å². The lowest BCUT2D eigenvalue weighted by molar-refractivity contribution is 0.105. The first kappa shape index (κ1) is 16.5.